The van der Waals surface area contributed by atoms with Crippen molar-refractivity contribution < 1.29 is 9.53 Å². The van der Waals surface area contributed by atoms with E-state index in [-0.39, 0.29) is 18.0 Å². The van der Waals surface area contributed by atoms with Crippen molar-refractivity contribution in [3.63, 3.8) is 0 Å². The molecule has 0 unspecified atom stereocenters. The van der Waals surface area contributed by atoms with E-state index in [1.807, 2.05) is 35.2 Å². The number of methoxy groups -OCH3 is 1. The zero-order valence-electron chi connectivity index (χ0n) is 16.9. The van der Waals surface area contributed by atoms with Crippen molar-refractivity contribution in [3.05, 3.63) is 47.0 Å². The van der Waals surface area contributed by atoms with E-state index in [0.717, 1.165) is 35.7 Å². The molecule has 0 bridgehead atoms. The van der Waals surface area contributed by atoms with Crippen LogP contribution < -0.4 is 10.3 Å². The smallest absolute Gasteiger partial charge is 0.271 e. The maximum atomic E-state index is 13.0. The van der Waals surface area contributed by atoms with Crippen LogP contribution >= 0.6 is 11.3 Å². The number of carbonyl (C=O) groups is 1. The third kappa shape index (κ3) is 4.05. The SMILES string of the molecule is COc1ccc(-c2cc3ncn(CC(=O)N4C[C@H](C)C[C@H](C)C4)c(=O)c3s2)cc1. The fraction of sp³-hybridized carbons (Fsp3) is 0.409. The molecule has 0 N–H and O–H groups in total. The number of fused-ring (bicyclic) bond motifs is 1. The molecule has 6 nitrogen and oxygen atoms in total. The summed E-state index contributed by atoms with van der Waals surface area (Å²) in [6.45, 7) is 5.89. The molecule has 4 rings (SSSR count). The minimum Gasteiger partial charge on any atom is -0.497 e. The second-order valence-corrected chi connectivity index (χ2v) is 9.03. The maximum Gasteiger partial charge on any atom is 0.271 e. The highest BCUT2D eigenvalue weighted by Crippen LogP contribution is 2.31. The number of thiophene rings is 1. The topological polar surface area (TPSA) is 64.4 Å². The molecule has 1 fully saturated rings. The molecule has 2 atom stereocenters. The molecule has 1 aliphatic heterocycles. The van der Waals surface area contributed by atoms with Crippen molar-refractivity contribution in [2.24, 2.45) is 11.8 Å². The fourth-order valence-electron chi connectivity index (χ4n) is 4.07. The largest absolute Gasteiger partial charge is 0.497 e. The maximum absolute atomic E-state index is 13.0. The Labute approximate surface area is 173 Å². The van der Waals surface area contributed by atoms with Crippen LogP contribution in [0.4, 0.5) is 0 Å². The summed E-state index contributed by atoms with van der Waals surface area (Å²) in [6.07, 6.45) is 2.63. The van der Waals surface area contributed by atoms with Crippen LogP contribution in [0.2, 0.25) is 0 Å². The quantitative estimate of drug-likeness (QED) is 0.658. The van der Waals surface area contributed by atoms with Crippen molar-refractivity contribution in [2.75, 3.05) is 20.2 Å². The molecule has 0 aliphatic carbocycles. The third-order valence-electron chi connectivity index (χ3n) is 5.41. The average molecular weight is 412 g/mol. The van der Waals surface area contributed by atoms with Crippen LogP contribution in [-0.2, 0) is 11.3 Å². The minimum absolute atomic E-state index is 0.0152. The molecule has 152 valence electrons. The van der Waals surface area contributed by atoms with Gasteiger partial charge in [0.15, 0.2) is 0 Å². The van der Waals surface area contributed by atoms with Gasteiger partial charge in [-0.2, -0.15) is 0 Å². The standard InChI is InChI=1S/C22H25N3O3S/c1-14-8-15(2)11-24(10-14)20(26)12-25-13-23-18-9-19(29-21(18)22(25)27)16-4-6-17(28-3)7-5-16/h4-7,9,13-15H,8,10-12H2,1-3H3/t14-,15+. The fourth-order valence-corrected chi connectivity index (χ4v) is 5.13. The van der Waals surface area contributed by atoms with Gasteiger partial charge in [0.25, 0.3) is 5.56 Å². The molecule has 1 aromatic carbocycles. The highest BCUT2D eigenvalue weighted by atomic mass is 32.1. The number of benzene rings is 1. The van der Waals surface area contributed by atoms with Crippen molar-refractivity contribution in [3.8, 4) is 16.2 Å². The summed E-state index contributed by atoms with van der Waals surface area (Å²) in [6, 6.07) is 9.63. The Morgan fingerprint density at radius 2 is 1.90 bits per heavy atom. The Hall–Kier alpha value is -2.67. The van der Waals surface area contributed by atoms with Gasteiger partial charge in [-0.1, -0.05) is 13.8 Å². The molecule has 29 heavy (non-hydrogen) atoms. The molecule has 3 aromatic rings. The van der Waals surface area contributed by atoms with Crippen molar-refractivity contribution in [1.82, 2.24) is 14.5 Å². The third-order valence-corrected chi connectivity index (χ3v) is 6.57. The van der Waals surface area contributed by atoms with E-state index in [4.69, 9.17) is 4.74 Å². The molecular formula is C22H25N3O3S. The molecule has 0 saturated carbocycles. The Bertz CT molecular complexity index is 1080. The molecule has 1 saturated heterocycles. The molecule has 0 spiro atoms. The predicted molar refractivity (Wildman–Crippen MR) is 115 cm³/mol. The van der Waals surface area contributed by atoms with Gasteiger partial charge in [0.05, 0.1) is 19.0 Å². The van der Waals surface area contributed by atoms with Gasteiger partial charge in [0, 0.05) is 18.0 Å². The first-order valence-corrected chi connectivity index (χ1v) is 10.7. The zero-order valence-corrected chi connectivity index (χ0v) is 17.7. The van der Waals surface area contributed by atoms with Crippen LogP contribution in [0.25, 0.3) is 20.7 Å². The van der Waals surface area contributed by atoms with E-state index < -0.39 is 0 Å². The predicted octanol–water partition coefficient (Wildman–Crippen LogP) is 3.64. The highest BCUT2D eigenvalue weighted by Gasteiger charge is 2.25. The van der Waals surface area contributed by atoms with Gasteiger partial charge in [0.2, 0.25) is 5.91 Å². The van der Waals surface area contributed by atoms with E-state index in [1.165, 1.54) is 22.2 Å². The minimum atomic E-state index is -0.161. The van der Waals surface area contributed by atoms with E-state index >= 15 is 0 Å². The lowest BCUT2D eigenvalue weighted by Crippen LogP contribution is -2.44. The number of aromatic nitrogens is 2. The van der Waals surface area contributed by atoms with Gasteiger partial charge >= 0.3 is 0 Å². The first-order chi connectivity index (χ1) is 13.9. The molecule has 1 aliphatic rings. The Morgan fingerprint density at radius 1 is 1.21 bits per heavy atom. The number of nitrogens with zero attached hydrogens (tertiary/aromatic N) is 3. The summed E-state index contributed by atoms with van der Waals surface area (Å²) >= 11 is 1.41. The summed E-state index contributed by atoms with van der Waals surface area (Å²) in [5, 5.41) is 0. The first kappa shape index (κ1) is 19.6. The monoisotopic (exact) mass is 411 g/mol. The van der Waals surface area contributed by atoms with Gasteiger partial charge in [-0.3, -0.25) is 14.2 Å². The zero-order chi connectivity index (χ0) is 20.5. The van der Waals surface area contributed by atoms with Crippen LogP contribution in [0, 0.1) is 11.8 Å². The highest BCUT2D eigenvalue weighted by molar-refractivity contribution is 7.22. The Balaban J connectivity index is 1.59. The summed E-state index contributed by atoms with van der Waals surface area (Å²) in [4.78, 5) is 33.0. The van der Waals surface area contributed by atoms with Crippen LogP contribution in [0.1, 0.15) is 20.3 Å². The van der Waals surface area contributed by atoms with E-state index in [9.17, 15) is 9.59 Å². The second-order valence-electron chi connectivity index (χ2n) is 7.98. The first-order valence-electron chi connectivity index (χ1n) is 9.85. The van der Waals surface area contributed by atoms with Crippen LogP contribution in [0.5, 0.6) is 5.75 Å². The molecule has 2 aromatic heterocycles. The van der Waals surface area contributed by atoms with Crippen molar-refractivity contribution >= 4 is 27.5 Å². The number of hydrogen-bond acceptors (Lipinski definition) is 5. The molecule has 3 heterocycles. The summed E-state index contributed by atoms with van der Waals surface area (Å²) in [5.41, 5.74) is 1.51. The Kier molecular flexibility index (Phi) is 5.41. The number of amides is 1. The molecule has 7 heteroatoms. The van der Waals surface area contributed by atoms with E-state index in [2.05, 4.69) is 18.8 Å². The summed E-state index contributed by atoms with van der Waals surface area (Å²) in [5.74, 6) is 1.75. The normalized spacial score (nSPS) is 19.5. The van der Waals surface area contributed by atoms with Gasteiger partial charge < -0.3 is 9.64 Å². The van der Waals surface area contributed by atoms with E-state index in [0.29, 0.717) is 22.1 Å². The van der Waals surface area contributed by atoms with Gasteiger partial charge in [-0.25, -0.2) is 4.98 Å². The molecule has 1 amide bonds. The van der Waals surface area contributed by atoms with Gasteiger partial charge in [-0.05, 0) is 54.2 Å². The number of likely N-dealkylation sites (tertiary alicyclic amines) is 1. The van der Waals surface area contributed by atoms with Crippen molar-refractivity contribution in [2.45, 2.75) is 26.8 Å². The number of carbonyl (C=O) groups excluding carboxylic acids is 1. The van der Waals surface area contributed by atoms with Crippen LogP contribution in [0.15, 0.2) is 41.5 Å². The number of piperidine rings is 1. The van der Waals surface area contributed by atoms with Crippen LogP contribution in [-0.4, -0.2) is 40.6 Å². The number of hydrogen-bond donors (Lipinski definition) is 0. The van der Waals surface area contributed by atoms with E-state index in [1.54, 1.807) is 7.11 Å². The Morgan fingerprint density at radius 3 is 2.55 bits per heavy atom. The molecule has 0 radical (unpaired) electrons. The number of ether oxygens (including phenoxy) is 1. The lowest BCUT2D eigenvalue weighted by atomic mass is 9.92. The molecular weight excluding hydrogens is 386 g/mol. The average Bonchev–Trinajstić information content (AvgIpc) is 3.14. The second kappa shape index (κ2) is 7.99. The number of rotatable bonds is 4. The van der Waals surface area contributed by atoms with Gasteiger partial charge in [-0.15, -0.1) is 11.3 Å². The van der Waals surface area contributed by atoms with Crippen molar-refractivity contribution in [1.29, 1.82) is 0 Å². The summed E-state index contributed by atoms with van der Waals surface area (Å²) < 4.78 is 7.21. The van der Waals surface area contributed by atoms with Crippen LogP contribution in [0.3, 0.4) is 0 Å². The lowest BCUT2D eigenvalue weighted by molar-refractivity contribution is -0.134. The summed E-state index contributed by atoms with van der Waals surface area (Å²) in [7, 11) is 1.63. The lowest BCUT2D eigenvalue weighted by Gasteiger charge is -2.35. The van der Waals surface area contributed by atoms with Gasteiger partial charge in [0.1, 0.15) is 17.0 Å².